The molecule has 1 N–H and O–H groups in total. The van der Waals surface area contributed by atoms with E-state index in [0.29, 0.717) is 30.8 Å². The van der Waals surface area contributed by atoms with Crippen LogP contribution in [-0.2, 0) is 9.53 Å². The lowest BCUT2D eigenvalue weighted by Gasteiger charge is -2.26. The van der Waals surface area contributed by atoms with Crippen LogP contribution in [0.1, 0.15) is 10.4 Å². The second-order valence-corrected chi connectivity index (χ2v) is 9.65. The van der Waals surface area contributed by atoms with Crippen LogP contribution in [0.3, 0.4) is 0 Å². The third kappa shape index (κ3) is 5.18. The van der Waals surface area contributed by atoms with E-state index in [2.05, 4.69) is 10.2 Å². The second-order valence-electron chi connectivity index (χ2n) is 7.67. The Labute approximate surface area is 203 Å². The number of hydrogen-bond acceptors (Lipinski definition) is 7. The topological polar surface area (TPSA) is 87.4 Å². The van der Waals surface area contributed by atoms with Crippen LogP contribution in [0.5, 0.6) is 0 Å². The summed E-state index contributed by atoms with van der Waals surface area (Å²) in [5.41, 5.74) is 0.291. The molecule has 1 fully saturated rings. The van der Waals surface area contributed by atoms with Gasteiger partial charge in [-0.3, -0.25) is 19.1 Å². The number of nitrogens with one attached hydrogen (secondary N) is 1. The van der Waals surface area contributed by atoms with E-state index in [4.69, 9.17) is 4.74 Å². The molecular formula is C24H23FN4O3S2. The van der Waals surface area contributed by atoms with Gasteiger partial charge in [0.2, 0.25) is 0 Å². The maximum Gasteiger partial charge on any atom is 0.273 e. The number of hydrogen-bond donors (Lipinski definition) is 1. The van der Waals surface area contributed by atoms with Gasteiger partial charge in [0.1, 0.15) is 16.5 Å². The molecule has 0 radical (unpaired) electrons. The van der Waals surface area contributed by atoms with Crippen LogP contribution in [0.15, 0.2) is 40.5 Å². The number of thiophene rings is 1. The molecule has 0 atom stereocenters. The fraction of sp³-hybridized carbons (Fsp3) is 0.292. The van der Waals surface area contributed by atoms with Gasteiger partial charge in [-0.2, -0.15) is 5.26 Å². The maximum atomic E-state index is 14.7. The van der Waals surface area contributed by atoms with Gasteiger partial charge in [-0.05, 0) is 42.1 Å². The third-order valence-electron chi connectivity index (χ3n) is 5.45. The summed E-state index contributed by atoms with van der Waals surface area (Å²) in [6.45, 7) is 5.75. The summed E-state index contributed by atoms with van der Waals surface area (Å²) in [5, 5.41) is 14.5. The van der Waals surface area contributed by atoms with Crippen molar-refractivity contribution in [3.8, 4) is 11.8 Å². The van der Waals surface area contributed by atoms with Crippen LogP contribution >= 0.6 is 22.7 Å². The number of rotatable bonds is 6. The van der Waals surface area contributed by atoms with Gasteiger partial charge in [0.25, 0.3) is 11.5 Å². The van der Waals surface area contributed by atoms with Crippen molar-refractivity contribution in [3.05, 3.63) is 71.5 Å². The molecule has 1 aromatic carbocycles. The van der Waals surface area contributed by atoms with Gasteiger partial charge < -0.3 is 10.1 Å². The first-order valence-electron chi connectivity index (χ1n) is 10.7. The maximum absolute atomic E-state index is 14.7. The van der Waals surface area contributed by atoms with Crippen molar-refractivity contribution < 1.29 is 13.9 Å². The van der Waals surface area contributed by atoms with Crippen LogP contribution in [0.2, 0.25) is 0 Å². The molecule has 10 heteroatoms. The average Bonchev–Trinajstić information content (AvgIpc) is 3.38. The molecule has 2 aromatic heterocycles. The number of thiazole rings is 1. The second kappa shape index (κ2) is 10.9. The van der Waals surface area contributed by atoms with Crippen LogP contribution in [-0.4, -0.2) is 54.8 Å². The largest absolute Gasteiger partial charge is 0.379 e. The summed E-state index contributed by atoms with van der Waals surface area (Å²) in [6, 6.07) is 9.70. The number of carbonyl (C=O) groups is 1. The van der Waals surface area contributed by atoms with Crippen molar-refractivity contribution in [1.82, 2.24) is 14.8 Å². The predicted molar refractivity (Wildman–Crippen MR) is 131 cm³/mol. The van der Waals surface area contributed by atoms with E-state index in [1.807, 2.05) is 24.4 Å². The molecule has 3 heterocycles. The van der Waals surface area contributed by atoms with Crippen LogP contribution < -0.4 is 20.1 Å². The lowest BCUT2D eigenvalue weighted by molar-refractivity contribution is -0.115. The van der Waals surface area contributed by atoms with Gasteiger partial charge in [0.15, 0.2) is 5.57 Å². The number of para-hydroxylation sites is 1. The van der Waals surface area contributed by atoms with Crippen molar-refractivity contribution >= 4 is 40.2 Å². The van der Waals surface area contributed by atoms with Crippen molar-refractivity contribution in [2.45, 2.75) is 6.92 Å². The van der Waals surface area contributed by atoms with E-state index < -0.39 is 17.3 Å². The fourth-order valence-electron chi connectivity index (χ4n) is 3.59. The fourth-order valence-corrected chi connectivity index (χ4v) is 5.60. The zero-order valence-electron chi connectivity index (χ0n) is 18.5. The average molecular weight is 499 g/mol. The van der Waals surface area contributed by atoms with E-state index >= 15 is 0 Å². The number of aromatic nitrogens is 1. The number of carbonyl (C=O) groups excluding carboxylic acids is 1. The van der Waals surface area contributed by atoms with Gasteiger partial charge >= 0.3 is 0 Å². The van der Waals surface area contributed by atoms with Crippen LogP contribution in [0.4, 0.5) is 4.39 Å². The number of morpholine rings is 1. The Hall–Kier alpha value is -3.10. The molecule has 0 unspecified atom stereocenters. The van der Waals surface area contributed by atoms with Gasteiger partial charge in [-0.1, -0.05) is 12.1 Å². The standard InChI is InChI=1S/C24H23FN4O3S2/c1-16-6-13-33-20(16)14-21-23(31)29(19-5-3-2-4-18(19)25)24(34-21)17(15-26)22(30)27-7-8-28-9-11-32-12-10-28/h2-6,13-14H,7-12H2,1H3,(H,27,30)/b21-14-,24-17-. The molecule has 3 aromatic rings. The molecule has 176 valence electrons. The first-order chi connectivity index (χ1) is 16.5. The van der Waals surface area contributed by atoms with Gasteiger partial charge in [-0.15, -0.1) is 22.7 Å². The van der Waals surface area contributed by atoms with E-state index in [-0.39, 0.29) is 15.9 Å². The molecule has 1 aliphatic rings. The Morgan fingerprint density at radius 2 is 2.06 bits per heavy atom. The van der Waals surface area contributed by atoms with Crippen LogP contribution in [0.25, 0.3) is 17.3 Å². The number of ether oxygens (including phenoxy) is 1. The molecule has 0 aliphatic carbocycles. The number of nitrogens with zero attached hydrogens (tertiary/aromatic N) is 3. The highest BCUT2D eigenvalue weighted by molar-refractivity contribution is 7.11. The predicted octanol–water partition coefficient (Wildman–Crippen LogP) is 1.36. The Kier molecular flexibility index (Phi) is 7.70. The minimum Gasteiger partial charge on any atom is -0.379 e. The Bertz CT molecular complexity index is 1410. The molecule has 34 heavy (non-hydrogen) atoms. The third-order valence-corrected chi connectivity index (χ3v) is 7.51. The molecule has 1 aliphatic heterocycles. The number of amides is 1. The highest BCUT2D eigenvalue weighted by Crippen LogP contribution is 2.16. The van der Waals surface area contributed by atoms with Crippen LogP contribution in [0, 0.1) is 24.1 Å². The summed E-state index contributed by atoms with van der Waals surface area (Å²) in [4.78, 5) is 29.4. The molecule has 0 saturated carbocycles. The molecule has 4 rings (SSSR count). The number of nitriles is 1. The molecule has 7 nitrogen and oxygen atoms in total. The molecule has 1 amide bonds. The zero-order valence-corrected chi connectivity index (χ0v) is 20.2. The van der Waals surface area contributed by atoms with Crippen molar-refractivity contribution in [2.24, 2.45) is 0 Å². The Morgan fingerprint density at radius 1 is 1.29 bits per heavy atom. The van der Waals surface area contributed by atoms with Crippen molar-refractivity contribution in [3.63, 3.8) is 0 Å². The lowest BCUT2D eigenvalue weighted by atomic mass is 10.2. The number of halogens is 1. The number of aryl methyl sites for hydroxylation is 1. The smallest absolute Gasteiger partial charge is 0.273 e. The summed E-state index contributed by atoms with van der Waals surface area (Å²) >= 11 is 2.48. The molecular weight excluding hydrogens is 475 g/mol. The van der Waals surface area contributed by atoms with Crippen molar-refractivity contribution in [2.75, 3.05) is 39.4 Å². The normalized spacial score (nSPS) is 15.7. The van der Waals surface area contributed by atoms with Gasteiger partial charge in [0, 0.05) is 31.1 Å². The highest BCUT2D eigenvalue weighted by atomic mass is 32.1. The first-order valence-corrected chi connectivity index (χ1v) is 12.4. The van der Waals surface area contributed by atoms with Gasteiger partial charge in [-0.25, -0.2) is 4.39 Å². The summed E-state index contributed by atoms with van der Waals surface area (Å²) < 4.78 is 21.6. The number of benzene rings is 1. The molecule has 1 saturated heterocycles. The highest BCUT2D eigenvalue weighted by Gasteiger charge is 2.19. The van der Waals surface area contributed by atoms with E-state index in [0.717, 1.165) is 39.4 Å². The van der Waals surface area contributed by atoms with Crippen molar-refractivity contribution in [1.29, 1.82) is 5.26 Å². The van der Waals surface area contributed by atoms with E-state index in [1.165, 1.54) is 29.5 Å². The summed E-state index contributed by atoms with van der Waals surface area (Å²) in [7, 11) is 0. The van der Waals surface area contributed by atoms with E-state index in [9.17, 15) is 19.2 Å². The minimum atomic E-state index is -0.618. The molecule has 0 bridgehead atoms. The SMILES string of the molecule is Cc1ccsc1/C=c1\s/c(=C(/C#N)C(=O)NCCN2CCOCC2)n(-c2ccccc2F)c1=O. The Morgan fingerprint density at radius 3 is 2.74 bits per heavy atom. The minimum absolute atomic E-state index is 0.00447. The Balaban J connectivity index is 1.78. The summed E-state index contributed by atoms with van der Waals surface area (Å²) in [5.74, 6) is -1.21. The summed E-state index contributed by atoms with van der Waals surface area (Å²) in [6.07, 6.45) is 1.72. The lowest BCUT2D eigenvalue weighted by Crippen LogP contribution is -2.42. The molecule has 0 spiro atoms. The monoisotopic (exact) mass is 498 g/mol. The quantitative estimate of drug-likeness (QED) is 0.555. The van der Waals surface area contributed by atoms with E-state index in [1.54, 1.807) is 12.1 Å². The zero-order chi connectivity index (χ0) is 24.1. The van der Waals surface area contributed by atoms with Gasteiger partial charge in [0.05, 0.1) is 23.4 Å². The first kappa shape index (κ1) is 24.0.